The van der Waals surface area contributed by atoms with Gasteiger partial charge in [0.15, 0.2) is 0 Å². The van der Waals surface area contributed by atoms with Crippen LogP contribution in [0.1, 0.15) is 31.4 Å². The minimum Gasteiger partial charge on any atom is -0.398 e. The van der Waals surface area contributed by atoms with Crippen LogP contribution in [0.3, 0.4) is 0 Å². The summed E-state index contributed by atoms with van der Waals surface area (Å²) >= 11 is 0. The van der Waals surface area contributed by atoms with Crippen molar-refractivity contribution in [3.8, 4) is 0 Å². The Labute approximate surface area is 103 Å². The molecule has 0 spiro atoms. The fraction of sp³-hybridized carbons (Fsp3) is 0.615. The normalized spacial score (nSPS) is 21.6. The molecule has 3 N–H and O–H groups in total. The fourth-order valence-corrected chi connectivity index (χ4v) is 2.38. The number of rotatable bonds is 5. The monoisotopic (exact) mass is 235 g/mol. The van der Waals surface area contributed by atoms with E-state index >= 15 is 0 Å². The Morgan fingerprint density at radius 3 is 3.18 bits per heavy atom. The van der Waals surface area contributed by atoms with E-state index in [-0.39, 0.29) is 0 Å². The number of ether oxygens (including phenoxy) is 1. The van der Waals surface area contributed by atoms with Gasteiger partial charge in [-0.25, -0.2) is 0 Å². The molecule has 1 aliphatic heterocycles. The van der Waals surface area contributed by atoms with Gasteiger partial charge in [-0.3, -0.25) is 4.98 Å². The number of aromatic nitrogens is 1. The zero-order valence-electron chi connectivity index (χ0n) is 10.4. The molecule has 0 radical (unpaired) electrons. The summed E-state index contributed by atoms with van der Waals surface area (Å²) in [5.74, 6) is 0.638. The van der Waals surface area contributed by atoms with Crippen LogP contribution < -0.4 is 11.1 Å². The molecule has 94 valence electrons. The third-order valence-electron chi connectivity index (χ3n) is 3.31. The third kappa shape index (κ3) is 3.17. The molecule has 1 aliphatic rings. The molecular weight excluding hydrogens is 214 g/mol. The van der Waals surface area contributed by atoms with E-state index in [1.807, 2.05) is 12.3 Å². The van der Waals surface area contributed by atoms with Crippen LogP contribution in [0.2, 0.25) is 0 Å². The zero-order chi connectivity index (χ0) is 12.1. The standard InChI is InChI=1S/C13H21N3O/c1-2-16-13(7-10-4-6-17-9-10)11-8-15-5-3-12(11)14/h3,5,8,10,13,16H,2,4,6-7,9H2,1H3,(H2,14,15). The van der Waals surface area contributed by atoms with Gasteiger partial charge in [0, 0.05) is 42.9 Å². The molecule has 17 heavy (non-hydrogen) atoms. The van der Waals surface area contributed by atoms with Crippen molar-refractivity contribution in [1.82, 2.24) is 10.3 Å². The molecule has 4 heteroatoms. The predicted octanol–water partition coefficient (Wildman–Crippen LogP) is 1.74. The number of nitrogens with two attached hydrogens (primary N) is 1. The Bertz CT molecular complexity index is 350. The highest BCUT2D eigenvalue weighted by atomic mass is 16.5. The molecule has 0 aliphatic carbocycles. The first-order valence-electron chi connectivity index (χ1n) is 6.31. The van der Waals surface area contributed by atoms with E-state index in [1.165, 1.54) is 0 Å². The van der Waals surface area contributed by atoms with Crippen LogP contribution in [0.4, 0.5) is 5.69 Å². The first-order chi connectivity index (χ1) is 8.31. The largest absolute Gasteiger partial charge is 0.398 e. The lowest BCUT2D eigenvalue weighted by Crippen LogP contribution is -2.24. The predicted molar refractivity (Wildman–Crippen MR) is 68.6 cm³/mol. The van der Waals surface area contributed by atoms with E-state index in [4.69, 9.17) is 10.5 Å². The van der Waals surface area contributed by atoms with Crippen LogP contribution in [0, 0.1) is 5.92 Å². The van der Waals surface area contributed by atoms with E-state index in [0.29, 0.717) is 12.0 Å². The maximum absolute atomic E-state index is 6.01. The van der Waals surface area contributed by atoms with Crippen molar-refractivity contribution in [2.45, 2.75) is 25.8 Å². The van der Waals surface area contributed by atoms with Crippen molar-refractivity contribution in [3.63, 3.8) is 0 Å². The molecule has 2 atom stereocenters. The summed E-state index contributed by atoms with van der Waals surface area (Å²) in [5, 5.41) is 3.49. The smallest absolute Gasteiger partial charge is 0.0495 e. The molecule has 0 amide bonds. The Hall–Kier alpha value is -1.13. The summed E-state index contributed by atoms with van der Waals surface area (Å²) < 4.78 is 5.43. The number of nitrogens with one attached hydrogen (secondary N) is 1. The van der Waals surface area contributed by atoms with Gasteiger partial charge in [0.2, 0.25) is 0 Å². The Morgan fingerprint density at radius 1 is 1.65 bits per heavy atom. The quantitative estimate of drug-likeness (QED) is 0.816. The van der Waals surface area contributed by atoms with E-state index in [9.17, 15) is 0 Å². The van der Waals surface area contributed by atoms with Gasteiger partial charge in [0.1, 0.15) is 0 Å². The van der Waals surface area contributed by atoms with Gasteiger partial charge in [-0.05, 0) is 31.4 Å². The van der Waals surface area contributed by atoms with E-state index in [1.54, 1.807) is 6.20 Å². The lowest BCUT2D eigenvalue weighted by Gasteiger charge is -2.22. The van der Waals surface area contributed by atoms with Crippen molar-refractivity contribution in [2.24, 2.45) is 5.92 Å². The Balaban J connectivity index is 2.08. The van der Waals surface area contributed by atoms with E-state index in [2.05, 4.69) is 17.2 Å². The number of nitrogens with zero attached hydrogens (tertiary/aromatic N) is 1. The molecule has 2 rings (SSSR count). The summed E-state index contributed by atoms with van der Waals surface area (Å²) in [4.78, 5) is 4.17. The van der Waals surface area contributed by atoms with Crippen LogP contribution in [0.15, 0.2) is 18.5 Å². The molecule has 0 aromatic carbocycles. The second-order valence-corrected chi connectivity index (χ2v) is 4.58. The second-order valence-electron chi connectivity index (χ2n) is 4.58. The average molecular weight is 235 g/mol. The molecule has 1 aromatic rings. The van der Waals surface area contributed by atoms with Crippen molar-refractivity contribution in [2.75, 3.05) is 25.5 Å². The highest BCUT2D eigenvalue weighted by Gasteiger charge is 2.22. The number of nitrogen functional groups attached to an aromatic ring is 1. The van der Waals surface area contributed by atoms with Crippen molar-refractivity contribution < 1.29 is 4.74 Å². The molecular formula is C13H21N3O. The lowest BCUT2D eigenvalue weighted by atomic mass is 9.94. The van der Waals surface area contributed by atoms with Gasteiger partial charge in [0.25, 0.3) is 0 Å². The maximum Gasteiger partial charge on any atom is 0.0495 e. The van der Waals surface area contributed by atoms with Gasteiger partial charge in [-0.1, -0.05) is 6.92 Å². The minimum absolute atomic E-state index is 0.292. The zero-order valence-corrected chi connectivity index (χ0v) is 10.4. The van der Waals surface area contributed by atoms with Gasteiger partial charge in [-0.15, -0.1) is 0 Å². The topological polar surface area (TPSA) is 60.2 Å². The highest BCUT2D eigenvalue weighted by molar-refractivity contribution is 5.46. The molecule has 0 bridgehead atoms. The summed E-state index contributed by atoms with van der Waals surface area (Å²) in [6.45, 7) is 4.82. The Morgan fingerprint density at radius 2 is 2.53 bits per heavy atom. The number of hydrogen-bond donors (Lipinski definition) is 2. The van der Waals surface area contributed by atoms with Crippen LogP contribution in [-0.4, -0.2) is 24.7 Å². The second kappa shape index (κ2) is 5.98. The number of hydrogen-bond acceptors (Lipinski definition) is 4. The lowest BCUT2D eigenvalue weighted by molar-refractivity contribution is 0.181. The fourth-order valence-electron chi connectivity index (χ4n) is 2.38. The SMILES string of the molecule is CCNC(CC1CCOC1)c1cnccc1N. The van der Waals surface area contributed by atoms with Crippen LogP contribution in [-0.2, 0) is 4.74 Å². The molecule has 1 fully saturated rings. The van der Waals surface area contributed by atoms with Crippen LogP contribution in [0.25, 0.3) is 0 Å². The first kappa shape index (κ1) is 12.3. The van der Waals surface area contributed by atoms with Crippen LogP contribution in [0.5, 0.6) is 0 Å². The molecule has 4 nitrogen and oxygen atoms in total. The average Bonchev–Trinajstić information content (AvgIpc) is 2.82. The van der Waals surface area contributed by atoms with E-state index < -0.39 is 0 Å². The van der Waals surface area contributed by atoms with Crippen molar-refractivity contribution >= 4 is 5.69 Å². The number of pyridine rings is 1. The molecule has 1 saturated heterocycles. The summed E-state index contributed by atoms with van der Waals surface area (Å²) in [6, 6.07) is 2.16. The van der Waals surface area contributed by atoms with Gasteiger partial charge < -0.3 is 15.8 Å². The van der Waals surface area contributed by atoms with Crippen LogP contribution >= 0.6 is 0 Å². The molecule has 0 saturated carbocycles. The van der Waals surface area contributed by atoms with Crippen molar-refractivity contribution in [3.05, 3.63) is 24.0 Å². The summed E-state index contributed by atoms with van der Waals surface area (Å²) in [5.41, 5.74) is 7.95. The maximum atomic E-state index is 6.01. The first-order valence-corrected chi connectivity index (χ1v) is 6.31. The van der Waals surface area contributed by atoms with Gasteiger partial charge in [0.05, 0.1) is 0 Å². The number of anilines is 1. The summed E-state index contributed by atoms with van der Waals surface area (Å²) in [7, 11) is 0. The Kier molecular flexibility index (Phi) is 4.34. The molecule has 2 unspecified atom stereocenters. The minimum atomic E-state index is 0.292. The van der Waals surface area contributed by atoms with Crippen molar-refractivity contribution in [1.29, 1.82) is 0 Å². The van der Waals surface area contributed by atoms with Gasteiger partial charge >= 0.3 is 0 Å². The highest BCUT2D eigenvalue weighted by Crippen LogP contribution is 2.28. The van der Waals surface area contributed by atoms with E-state index in [0.717, 1.165) is 43.9 Å². The molecule has 1 aromatic heterocycles. The molecule has 2 heterocycles. The third-order valence-corrected chi connectivity index (χ3v) is 3.31. The summed E-state index contributed by atoms with van der Waals surface area (Å²) in [6.07, 6.45) is 5.84. The van der Waals surface area contributed by atoms with Gasteiger partial charge in [-0.2, -0.15) is 0 Å².